The minimum absolute atomic E-state index is 0.134. The van der Waals surface area contributed by atoms with E-state index in [2.05, 4.69) is 10.2 Å². The van der Waals surface area contributed by atoms with Crippen molar-refractivity contribution in [3.8, 4) is 0 Å². The molecule has 1 amide bonds. The number of rotatable bonds is 4. The van der Waals surface area contributed by atoms with Crippen LogP contribution in [0.25, 0.3) is 0 Å². The lowest BCUT2D eigenvalue weighted by atomic mass is 10.1. The number of likely N-dealkylation sites (tertiary alicyclic amines) is 1. The standard InChI is InChI=1S/C15H27N3O2/c19-15(18-10-6-16-7-11-18)14-4-1-8-17(14)9-5-13-3-2-12-20-13/h13-14,16H,1-12H2. The van der Waals surface area contributed by atoms with E-state index in [0.29, 0.717) is 12.0 Å². The highest BCUT2D eigenvalue weighted by atomic mass is 16.5. The average molecular weight is 281 g/mol. The quantitative estimate of drug-likeness (QED) is 0.813. The van der Waals surface area contributed by atoms with Crippen molar-refractivity contribution >= 4 is 5.91 Å². The predicted molar refractivity (Wildman–Crippen MR) is 77.6 cm³/mol. The molecule has 3 aliphatic heterocycles. The first-order chi connectivity index (χ1) is 9.84. The molecule has 3 rings (SSSR count). The average Bonchev–Trinajstić information content (AvgIpc) is 3.16. The van der Waals surface area contributed by atoms with Crippen LogP contribution >= 0.6 is 0 Å². The van der Waals surface area contributed by atoms with Crippen molar-refractivity contribution in [2.45, 2.75) is 44.2 Å². The van der Waals surface area contributed by atoms with E-state index in [9.17, 15) is 4.79 Å². The fraction of sp³-hybridized carbons (Fsp3) is 0.933. The number of carbonyl (C=O) groups excluding carboxylic acids is 1. The first kappa shape index (κ1) is 14.3. The van der Waals surface area contributed by atoms with Gasteiger partial charge in [0.2, 0.25) is 5.91 Å². The molecule has 114 valence electrons. The minimum atomic E-state index is 0.134. The third kappa shape index (κ3) is 3.32. The summed E-state index contributed by atoms with van der Waals surface area (Å²) >= 11 is 0. The minimum Gasteiger partial charge on any atom is -0.378 e. The summed E-state index contributed by atoms with van der Waals surface area (Å²) in [6, 6.07) is 0.134. The van der Waals surface area contributed by atoms with Crippen LogP contribution in [0.15, 0.2) is 0 Å². The van der Waals surface area contributed by atoms with Crippen LogP contribution in [0.1, 0.15) is 32.1 Å². The molecule has 0 aromatic heterocycles. The highest BCUT2D eigenvalue weighted by Gasteiger charge is 2.34. The second kappa shape index (κ2) is 6.87. The molecular weight excluding hydrogens is 254 g/mol. The van der Waals surface area contributed by atoms with Crippen molar-refractivity contribution in [1.29, 1.82) is 0 Å². The molecular formula is C15H27N3O2. The Balaban J connectivity index is 1.50. The Bertz CT molecular complexity index is 325. The van der Waals surface area contributed by atoms with Gasteiger partial charge < -0.3 is 15.0 Å². The summed E-state index contributed by atoms with van der Waals surface area (Å²) in [5.41, 5.74) is 0. The third-order valence-corrected chi connectivity index (χ3v) is 4.84. The number of carbonyl (C=O) groups is 1. The smallest absolute Gasteiger partial charge is 0.240 e. The van der Waals surface area contributed by atoms with Crippen molar-refractivity contribution in [3.63, 3.8) is 0 Å². The van der Waals surface area contributed by atoms with Crippen molar-refractivity contribution in [2.75, 3.05) is 45.9 Å². The first-order valence-electron chi connectivity index (χ1n) is 8.20. The summed E-state index contributed by atoms with van der Waals surface area (Å²) in [5.74, 6) is 0.358. The number of ether oxygens (including phenoxy) is 1. The van der Waals surface area contributed by atoms with Crippen LogP contribution in [0.5, 0.6) is 0 Å². The lowest BCUT2D eigenvalue weighted by Crippen LogP contribution is -2.52. The molecule has 1 N–H and O–H groups in total. The molecule has 20 heavy (non-hydrogen) atoms. The van der Waals surface area contributed by atoms with Crippen LogP contribution in [0.4, 0.5) is 0 Å². The largest absolute Gasteiger partial charge is 0.378 e. The van der Waals surface area contributed by atoms with Gasteiger partial charge in [-0.25, -0.2) is 0 Å². The molecule has 0 radical (unpaired) electrons. The number of hydrogen-bond acceptors (Lipinski definition) is 4. The Morgan fingerprint density at radius 2 is 2.00 bits per heavy atom. The number of nitrogens with zero attached hydrogens (tertiary/aromatic N) is 2. The predicted octanol–water partition coefficient (Wildman–Crippen LogP) is 0.452. The maximum Gasteiger partial charge on any atom is 0.240 e. The molecule has 0 bridgehead atoms. The van der Waals surface area contributed by atoms with E-state index < -0.39 is 0 Å². The highest BCUT2D eigenvalue weighted by Crippen LogP contribution is 2.22. The van der Waals surface area contributed by atoms with Crippen LogP contribution in [0, 0.1) is 0 Å². The van der Waals surface area contributed by atoms with Crippen molar-refractivity contribution < 1.29 is 9.53 Å². The Kier molecular flexibility index (Phi) is 4.91. The molecule has 3 aliphatic rings. The summed E-state index contributed by atoms with van der Waals surface area (Å²) in [4.78, 5) is 17.1. The van der Waals surface area contributed by atoms with Crippen LogP contribution in [0.2, 0.25) is 0 Å². The normalized spacial score (nSPS) is 31.9. The zero-order valence-corrected chi connectivity index (χ0v) is 12.4. The van der Waals surface area contributed by atoms with Gasteiger partial charge in [0.05, 0.1) is 12.1 Å². The van der Waals surface area contributed by atoms with Gasteiger partial charge in [0.15, 0.2) is 0 Å². The third-order valence-electron chi connectivity index (χ3n) is 4.84. The van der Waals surface area contributed by atoms with E-state index in [1.807, 2.05) is 4.90 Å². The fourth-order valence-corrected chi connectivity index (χ4v) is 3.65. The van der Waals surface area contributed by atoms with E-state index >= 15 is 0 Å². The number of hydrogen-bond donors (Lipinski definition) is 1. The van der Waals surface area contributed by atoms with Gasteiger partial charge in [0, 0.05) is 39.3 Å². The van der Waals surface area contributed by atoms with Gasteiger partial charge in [0.25, 0.3) is 0 Å². The van der Waals surface area contributed by atoms with Crippen LogP contribution < -0.4 is 5.32 Å². The van der Waals surface area contributed by atoms with E-state index in [4.69, 9.17) is 4.74 Å². The molecule has 5 heteroatoms. The van der Waals surface area contributed by atoms with Gasteiger partial charge in [0.1, 0.15) is 0 Å². The lowest BCUT2D eigenvalue weighted by Gasteiger charge is -2.33. The number of nitrogens with one attached hydrogen (secondary N) is 1. The summed E-state index contributed by atoms with van der Waals surface area (Å²) in [5, 5.41) is 3.31. The van der Waals surface area contributed by atoms with Crippen LogP contribution in [0.3, 0.4) is 0 Å². The zero-order valence-electron chi connectivity index (χ0n) is 12.4. The Morgan fingerprint density at radius 1 is 1.15 bits per heavy atom. The Labute approximate surface area is 121 Å². The monoisotopic (exact) mass is 281 g/mol. The maximum absolute atomic E-state index is 12.6. The van der Waals surface area contributed by atoms with Crippen LogP contribution in [-0.2, 0) is 9.53 Å². The van der Waals surface area contributed by atoms with Gasteiger partial charge in [-0.3, -0.25) is 9.69 Å². The second-order valence-corrected chi connectivity index (χ2v) is 6.19. The zero-order chi connectivity index (χ0) is 13.8. The van der Waals surface area contributed by atoms with Crippen LogP contribution in [-0.4, -0.2) is 73.7 Å². The topological polar surface area (TPSA) is 44.8 Å². The fourth-order valence-electron chi connectivity index (χ4n) is 3.65. The Morgan fingerprint density at radius 3 is 2.75 bits per heavy atom. The number of piperazine rings is 1. The lowest BCUT2D eigenvalue weighted by molar-refractivity contribution is -0.136. The molecule has 0 aliphatic carbocycles. The van der Waals surface area contributed by atoms with Gasteiger partial charge in [-0.1, -0.05) is 0 Å². The van der Waals surface area contributed by atoms with Gasteiger partial charge in [-0.2, -0.15) is 0 Å². The SMILES string of the molecule is O=C(C1CCCN1CCC1CCCO1)N1CCNCC1. The van der Waals surface area contributed by atoms with Gasteiger partial charge >= 0.3 is 0 Å². The molecule has 3 fully saturated rings. The maximum atomic E-state index is 12.6. The van der Waals surface area contributed by atoms with Crippen molar-refractivity contribution in [2.24, 2.45) is 0 Å². The molecule has 0 spiro atoms. The molecule has 0 aromatic carbocycles. The summed E-state index contributed by atoms with van der Waals surface area (Å²) in [6.07, 6.45) is 6.12. The van der Waals surface area contributed by atoms with E-state index in [-0.39, 0.29) is 6.04 Å². The van der Waals surface area contributed by atoms with Gasteiger partial charge in [-0.05, 0) is 38.6 Å². The van der Waals surface area contributed by atoms with Crippen molar-refractivity contribution in [3.05, 3.63) is 0 Å². The first-order valence-corrected chi connectivity index (χ1v) is 8.20. The summed E-state index contributed by atoms with van der Waals surface area (Å²) in [6.45, 7) is 6.64. The Hall–Kier alpha value is -0.650. The molecule has 3 saturated heterocycles. The van der Waals surface area contributed by atoms with E-state index in [1.54, 1.807) is 0 Å². The summed E-state index contributed by atoms with van der Waals surface area (Å²) in [7, 11) is 0. The highest BCUT2D eigenvalue weighted by molar-refractivity contribution is 5.82. The second-order valence-electron chi connectivity index (χ2n) is 6.19. The molecule has 3 heterocycles. The summed E-state index contributed by atoms with van der Waals surface area (Å²) < 4.78 is 5.69. The van der Waals surface area contributed by atoms with E-state index in [1.165, 1.54) is 12.8 Å². The molecule has 0 saturated carbocycles. The molecule has 0 aromatic rings. The molecule has 2 atom stereocenters. The van der Waals surface area contributed by atoms with Gasteiger partial charge in [-0.15, -0.1) is 0 Å². The number of amides is 1. The van der Waals surface area contributed by atoms with E-state index in [0.717, 1.165) is 65.1 Å². The van der Waals surface area contributed by atoms with Crippen molar-refractivity contribution in [1.82, 2.24) is 15.1 Å². The molecule has 5 nitrogen and oxygen atoms in total. The molecule has 2 unspecified atom stereocenters.